The molecule has 1 fully saturated rings. The highest BCUT2D eigenvalue weighted by atomic mass is 16.6. The molecular formula is C8H14O3. The Hall–Kier alpha value is -0.570. The molecule has 1 rings (SSSR count). The number of hydrogen-bond acceptors (Lipinski definition) is 3. The molecule has 0 radical (unpaired) electrons. The van der Waals surface area contributed by atoms with E-state index in [-0.39, 0.29) is 12.1 Å². The van der Waals surface area contributed by atoms with Crippen molar-refractivity contribution in [2.75, 3.05) is 13.2 Å². The average molecular weight is 158 g/mol. The van der Waals surface area contributed by atoms with Crippen LogP contribution >= 0.6 is 0 Å². The van der Waals surface area contributed by atoms with Crippen LogP contribution < -0.4 is 0 Å². The normalized spacial score (nSPS) is 21.4. The first-order chi connectivity index (χ1) is 5.34. The fraction of sp³-hybridized carbons (Fsp3) is 0.875. The molecule has 3 nitrogen and oxygen atoms in total. The van der Waals surface area contributed by atoms with Gasteiger partial charge in [-0.1, -0.05) is 19.8 Å². The summed E-state index contributed by atoms with van der Waals surface area (Å²) in [7, 11) is 0. The Labute approximate surface area is 66.7 Å². The minimum Gasteiger partial charge on any atom is -0.464 e. The molecule has 0 aromatic heterocycles. The molecule has 0 saturated carbocycles. The highest BCUT2D eigenvalue weighted by Crippen LogP contribution is 2.10. The smallest absolute Gasteiger partial charge is 0.337 e. The highest BCUT2D eigenvalue weighted by Gasteiger charge is 2.32. The van der Waals surface area contributed by atoms with Gasteiger partial charge in [0.25, 0.3) is 0 Å². The molecule has 64 valence electrons. The van der Waals surface area contributed by atoms with Crippen molar-refractivity contribution in [3.8, 4) is 0 Å². The van der Waals surface area contributed by atoms with Crippen LogP contribution in [0.2, 0.25) is 0 Å². The van der Waals surface area contributed by atoms with E-state index in [0.717, 1.165) is 19.3 Å². The largest absolute Gasteiger partial charge is 0.464 e. The Bertz CT molecular complexity index is 129. The van der Waals surface area contributed by atoms with Gasteiger partial charge in [-0.2, -0.15) is 0 Å². The fourth-order valence-corrected chi connectivity index (χ4v) is 0.802. The van der Waals surface area contributed by atoms with E-state index >= 15 is 0 Å². The number of hydrogen-bond donors (Lipinski definition) is 0. The van der Waals surface area contributed by atoms with Gasteiger partial charge in [0.05, 0.1) is 13.2 Å². The molecule has 1 saturated heterocycles. The lowest BCUT2D eigenvalue weighted by Crippen LogP contribution is -2.12. The molecular weight excluding hydrogens is 144 g/mol. The summed E-state index contributed by atoms with van der Waals surface area (Å²) in [4.78, 5) is 10.8. The van der Waals surface area contributed by atoms with Crippen molar-refractivity contribution in [1.82, 2.24) is 0 Å². The van der Waals surface area contributed by atoms with Gasteiger partial charge in [0, 0.05) is 0 Å². The number of ether oxygens (including phenoxy) is 2. The summed E-state index contributed by atoms with van der Waals surface area (Å²) >= 11 is 0. The second kappa shape index (κ2) is 4.34. The number of esters is 1. The molecule has 0 aliphatic carbocycles. The van der Waals surface area contributed by atoms with Crippen LogP contribution in [0.4, 0.5) is 0 Å². The molecule has 3 heteroatoms. The maximum atomic E-state index is 10.8. The molecule has 0 spiro atoms. The van der Waals surface area contributed by atoms with Crippen molar-refractivity contribution < 1.29 is 14.3 Å². The minimum absolute atomic E-state index is 0.193. The van der Waals surface area contributed by atoms with Crippen LogP contribution in [0.5, 0.6) is 0 Å². The molecule has 1 aliphatic heterocycles. The van der Waals surface area contributed by atoms with Crippen molar-refractivity contribution in [1.29, 1.82) is 0 Å². The molecule has 1 aliphatic rings. The van der Waals surface area contributed by atoms with Crippen LogP contribution in [0.15, 0.2) is 0 Å². The third-order valence-corrected chi connectivity index (χ3v) is 1.59. The number of epoxide rings is 1. The van der Waals surface area contributed by atoms with Crippen LogP contribution in [0, 0.1) is 0 Å². The monoisotopic (exact) mass is 158 g/mol. The molecule has 0 amide bonds. The van der Waals surface area contributed by atoms with E-state index in [1.807, 2.05) is 0 Å². The summed E-state index contributed by atoms with van der Waals surface area (Å²) in [6.07, 6.45) is 3.00. The van der Waals surface area contributed by atoms with Gasteiger partial charge in [-0.25, -0.2) is 4.79 Å². The quantitative estimate of drug-likeness (QED) is 0.342. The van der Waals surface area contributed by atoms with E-state index in [1.54, 1.807) is 0 Å². The zero-order valence-corrected chi connectivity index (χ0v) is 6.84. The van der Waals surface area contributed by atoms with Crippen molar-refractivity contribution in [3.05, 3.63) is 0 Å². The number of carbonyl (C=O) groups excluding carboxylic acids is 1. The molecule has 0 N–H and O–H groups in total. The highest BCUT2D eigenvalue weighted by molar-refractivity contribution is 5.76. The molecule has 1 heterocycles. The molecule has 11 heavy (non-hydrogen) atoms. The zero-order valence-electron chi connectivity index (χ0n) is 6.84. The van der Waals surface area contributed by atoms with E-state index in [4.69, 9.17) is 9.47 Å². The third-order valence-electron chi connectivity index (χ3n) is 1.59. The number of rotatable bonds is 5. The minimum atomic E-state index is -0.239. The van der Waals surface area contributed by atoms with Gasteiger partial charge in [-0.05, 0) is 6.42 Å². The number of carbonyl (C=O) groups is 1. The summed E-state index contributed by atoms with van der Waals surface area (Å²) in [5.74, 6) is -0.193. The molecule has 0 aromatic carbocycles. The summed E-state index contributed by atoms with van der Waals surface area (Å²) in [5.41, 5.74) is 0. The van der Waals surface area contributed by atoms with Gasteiger partial charge in [-0.15, -0.1) is 0 Å². The lowest BCUT2D eigenvalue weighted by atomic mass is 10.3. The van der Waals surface area contributed by atoms with Gasteiger partial charge < -0.3 is 9.47 Å². The van der Waals surface area contributed by atoms with Gasteiger partial charge in [0.15, 0.2) is 6.10 Å². The molecule has 1 atom stereocenters. The first-order valence-corrected chi connectivity index (χ1v) is 4.13. The Morgan fingerprint density at radius 1 is 1.64 bits per heavy atom. The first kappa shape index (κ1) is 8.53. The summed E-state index contributed by atoms with van der Waals surface area (Å²) < 4.78 is 9.66. The topological polar surface area (TPSA) is 38.8 Å². The van der Waals surface area contributed by atoms with Gasteiger partial charge in [0.2, 0.25) is 0 Å². The second-order valence-corrected chi connectivity index (χ2v) is 2.70. The zero-order chi connectivity index (χ0) is 8.10. The Balaban J connectivity index is 1.89. The van der Waals surface area contributed by atoms with Gasteiger partial charge in [-0.3, -0.25) is 0 Å². The van der Waals surface area contributed by atoms with E-state index in [9.17, 15) is 4.79 Å². The van der Waals surface area contributed by atoms with Crippen molar-refractivity contribution in [2.24, 2.45) is 0 Å². The maximum Gasteiger partial charge on any atom is 0.337 e. The van der Waals surface area contributed by atoms with Crippen LogP contribution in [0.25, 0.3) is 0 Å². The van der Waals surface area contributed by atoms with Crippen molar-refractivity contribution in [2.45, 2.75) is 32.3 Å². The first-order valence-electron chi connectivity index (χ1n) is 4.13. The molecule has 0 bridgehead atoms. The molecule has 0 aromatic rings. The maximum absolute atomic E-state index is 10.8. The number of unbranched alkanes of at least 4 members (excludes halogenated alkanes) is 2. The van der Waals surface area contributed by atoms with Crippen LogP contribution in [0.1, 0.15) is 26.2 Å². The lowest BCUT2D eigenvalue weighted by molar-refractivity contribution is -0.145. The van der Waals surface area contributed by atoms with Crippen LogP contribution in [0.3, 0.4) is 0 Å². The Morgan fingerprint density at radius 2 is 2.36 bits per heavy atom. The van der Waals surface area contributed by atoms with E-state index in [2.05, 4.69) is 6.92 Å². The SMILES string of the molecule is CCCCCOC(=O)C1CO1. The second-order valence-electron chi connectivity index (χ2n) is 2.70. The fourth-order valence-electron chi connectivity index (χ4n) is 0.802. The average Bonchev–Trinajstić information content (AvgIpc) is 2.79. The lowest BCUT2D eigenvalue weighted by Gasteiger charge is -2.00. The van der Waals surface area contributed by atoms with E-state index in [1.165, 1.54) is 0 Å². The third kappa shape index (κ3) is 3.37. The Kier molecular flexibility index (Phi) is 3.36. The summed E-state index contributed by atoms with van der Waals surface area (Å²) in [5, 5.41) is 0. The van der Waals surface area contributed by atoms with Crippen molar-refractivity contribution >= 4 is 5.97 Å². The standard InChI is InChI=1S/C8H14O3/c1-2-3-4-5-10-8(9)7-6-11-7/h7H,2-6H2,1H3. The van der Waals surface area contributed by atoms with Gasteiger partial charge >= 0.3 is 5.97 Å². The van der Waals surface area contributed by atoms with E-state index < -0.39 is 0 Å². The predicted octanol–water partition coefficient (Wildman–Crippen LogP) is 1.12. The Morgan fingerprint density at radius 3 is 2.91 bits per heavy atom. The van der Waals surface area contributed by atoms with E-state index in [0.29, 0.717) is 13.2 Å². The van der Waals surface area contributed by atoms with Crippen LogP contribution in [-0.2, 0) is 14.3 Å². The van der Waals surface area contributed by atoms with Crippen LogP contribution in [-0.4, -0.2) is 25.3 Å². The van der Waals surface area contributed by atoms with Crippen molar-refractivity contribution in [3.63, 3.8) is 0 Å². The van der Waals surface area contributed by atoms with Gasteiger partial charge in [0.1, 0.15) is 0 Å². The predicted molar refractivity (Wildman–Crippen MR) is 40.2 cm³/mol. The molecule has 1 unspecified atom stereocenters. The summed E-state index contributed by atoms with van der Waals surface area (Å²) in [6, 6.07) is 0. The summed E-state index contributed by atoms with van der Waals surface area (Å²) in [6.45, 7) is 3.21.